The van der Waals surface area contributed by atoms with Crippen molar-refractivity contribution in [2.75, 3.05) is 5.32 Å². The lowest BCUT2D eigenvalue weighted by Crippen LogP contribution is -2.10. The fourth-order valence-electron chi connectivity index (χ4n) is 3.60. The molecule has 0 saturated carbocycles. The van der Waals surface area contributed by atoms with Crippen LogP contribution >= 0.6 is 0 Å². The summed E-state index contributed by atoms with van der Waals surface area (Å²) in [6.07, 6.45) is 7.17. The van der Waals surface area contributed by atoms with Gasteiger partial charge in [0.1, 0.15) is 18.1 Å². The second-order valence-electron chi connectivity index (χ2n) is 7.62. The molecule has 0 spiro atoms. The zero-order valence-electron chi connectivity index (χ0n) is 18.1. The highest BCUT2D eigenvalue weighted by molar-refractivity contribution is 6.02. The summed E-state index contributed by atoms with van der Waals surface area (Å²) in [6, 6.07) is 17.3. The summed E-state index contributed by atoms with van der Waals surface area (Å²) in [5, 5.41) is 13.5. The zero-order chi connectivity index (χ0) is 22.6. The molecule has 8 nitrogen and oxygen atoms in total. The maximum atomic E-state index is 12.6. The van der Waals surface area contributed by atoms with Gasteiger partial charge < -0.3 is 14.5 Å². The second-order valence-corrected chi connectivity index (χ2v) is 7.62. The van der Waals surface area contributed by atoms with Crippen molar-refractivity contribution in [2.45, 2.75) is 26.6 Å². The Morgan fingerprint density at radius 2 is 1.85 bits per heavy atom. The lowest BCUT2D eigenvalue weighted by atomic mass is 10.1. The number of aromatic nitrogens is 4. The van der Waals surface area contributed by atoms with Gasteiger partial charge in [0.2, 0.25) is 0 Å². The topological polar surface area (TPSA) is 87.1 Å². The molecular weight excluding hydrogens is 418 g/mol. The molecule has 1 N–H and O–H groups in total. The molecule has 2 aromatic carbocycles. The van der Waals surface area contributed by atoms with Crippen LogP contribution in [-0.4, -0.2) is 25.5 Å². The smallest absolute Gasteiger partial charge is 0.291 e. The third kappa shape index (κ3) is 4.64. The molecule has 0 aliphatic carbocycles. The number of rotatable bonds is 8. The van der Waals surface area contributed by atoms with E-state index in [1.165, 1.54) is 0 Å². The predicted octanol–water partition coefficient (Wildman–Crippen LogP) is 4.73. The molecule has 5 aromatic rings. The molecule has 0 saturated heterocycles. The Kier molecular flexibility index (Phi) is 5.63. The number of ether oxygens (including phenoxy) is 1. The van der Waals surface area contributed by atoms with Crippen molar-refractivity contribution in [3.05, 3.63) is 96.5 Å². The van der Waals surface area contributed by atoms with Crippen LogP contribution in [-0.2, 0) is 19.7 Å². The Morgan fingerprint density at radius 3 is 2.73 bits per heavy atom. The van der Waals surface area contributed by atoms with E-state index in [1.807, 2.05) is 66.5 Å². The molecule has 0 unspecified atom stereocenters. The van der Waals surface area contributed by atoms with E-state index in [1.54, 1.807) is 29.2 Å². The van der Waals surface area contributed by atoms with E-state index in [9.17, 15) is 4.79 Å². The van der Waals surface area contributed by atoms with Gasteiger partial charge in [0.05, 0.1) is 24.6 Å². The number of aryl methyl sites for hydroxylation is 1. The van der Waals surface area contributed by atoms with Crippen molar-refractivity contribution in [1.82, 2.24) is 19.6 Å². The van der Waals surface area contributed by atoms with Gasteiger partial charge in [-0.25, -0.2) is 0 Å². The number of nitrogens with zero attached hydrogens (tertiary/aromatic N) is 4. The van der Waals surface area contributed by atoms with Gasteiger partial charge in [-0.2, -0.15) is 10.2 Å². The third-order valence-electron chi connectivity index (χ3n) is 5.25. The van der Waals surface area contributed by atoms with Crippen molar-refractivity contribution >= 4 is 22.4 Å². The van der Waals surface area contributed by atoms with Gasteiger partial charge >= 0.3 is 0 Å². The Labute approximate surface area is 190 Å². The van der Waals surface area contributed by atoms with Gasteiger partial charge in [-0.15, -0.1) is 0 Å². The van der Waals surface area contributed by atoms with E-state index in [0.29, 0.717) is 18.0 Å². The summed E-state index contributed by atoms with van der Waals surface area (Å²) >= 11 is 0. The number of anilines is 1. The molecule has 33 heavy (non-hydrogen) atoms. The van der Waals surface area contributed by atoms with E-state index in [0.717, 1.165) is 28.6 Å². The maximum absolute atomic E-state index is 12.6. The molecule has 0 aliphatic rings. The number of hydrogen-bond donors (Lipinski definition) is 1. The fraction of sp³-hybridized carbons (Fsp3) is 0.160. The Hall–Kier alpha value is -4.33. The van der Waals surface area contributed by atoms with Crippen LogP contribution in [0.4, 0.5) is 5.69 Å². The number of nitrogens with one attached hydrogen (secondary N) is 1. The van der Waals surface area contributed by atoms with Crippen LogP contribution in [0.15, 0.2) is 83.8 Å². The Morgan fingerprint density at radius 1 is 1.00 bits per heavy atom. The van der Waals surface area contributed by atoms with Gasteiger partial charge in [0, 0.05) is 29.9 Å². The minimum atomic E-state index is -0.343. The number of fused-ring (bicyclic) bond motifs is 1. The van der Waals surface area contributed by atoms with Gasteiger partial charge in [-0.05, 0) is 30.5 Å². The molecule has 3 aromatic heterocycles. The van der Waals surface area contributed by atoms with Gasteiger partial charge in [-0.3, -0.25) is 14.2 Å². The average molecular weight is 441 g/mol. The lowest BCUT2D eigenvalue weighted by molar-refractivity contribution is 0.0992. The molecule has 0 bridgehead atoms. The van der Waals surface area contributed by atoms with Crippen LogP contribution in [0.3, 0.4) is 0 Å². The summed E-state index contributed by atoms with van der Waals surface area (Å²) < 4.78 is 15.2. The molecule has 0 fully saturated rings. The van der Waals surface area contributed by atoms with Crippen molar-refractivity contribution in [3.8, 4) is 5.75 Å². The van der Waals surface area contributed by atoms with Gasteiger partial charge in [-0.1, -0.05) is 36.4 Å². The molecule has 3 heterocycles. The van der Waals surface area contributed by atoms with Crippen molar-refractivity contribution in [2.24, 2.45) is 0 Å². The van der Waals surface area contributed by atoms with E-state index in [4.69, 9.17) is 9.15 Å². The molecular formula is C25H23N5O3. The summed E-state index contributed by atoms with van der Waals surface area (Å²) in [5.74, 6) is 1.21. The first-order valence-corrected chi connectivity index (χ1v) is 10.7. The highest BCUT2D eigenvalue weighted by Crippen LogP contribution is 2.26. The third-order valence-corrected chi connectivity index (χ3v) is 5.25. The monoisotopic (exact) mass is 441 g/mol. The van der Waals surface area contributed by atoms with E-state index in [-0.39, 0.29) is 18.3 Å². The van der Waals surface area contributed by atoms with Crippen LogP contribution in [0.1, 0.15) is 28.8 Å². The van der Waals surface area contributed by atoms with Gasteiger partial charge in [0.15, 0.2) is 5.76 Å². The quantitative estimate of drug-likeness (QED) is 0.376. The minimum absolute atomic E-state index is 0.212. The summed E-state index contributed by atoms with van der Waals surface area (Å²) in [5.41, 5.74) is 1.63. The first-order valence-electron chi connectivity index (χ1n) is 10.7. The van der Waals surface area contributed by atoms with Crippen LogP contribution in [0.5, 0.6) is 5.75 Å². The lowest BCUT2D eigenvalue weighted by Gasteiger charge is -2.07. The number of furan rings is 1. The normalized spacial score (nSPS) is 11.1. The number of carbonyl (C=O) groups is 1. The zero-order valence-corrected chi connectivity index (χ0v) is 18.1. The standard InChI is InChI=1S/C25H23N5O3/c1-2-29-14-18(12-26-29)15-30-16-20(13-27-30)28-25(31)24-11-10-21(33-24)17-32-23-9-5-7-19-6-3-4-8-22(19)23/h3-14,16H,2,15,17H2,1H3,(H,28,31). The largest absolute Gasteiger partial charge is 0.485 e. The maximum Gasteiger partial charge on any atom is 0.291 e. The molecule has 1 amide bonds. The summed E-state index contributed by atoms with van der Waals surface area (Å²) in [6.45, 7) is 3.66. The summed E-state index contributed by atoms with van der Waals surface area (Å²) in [7, 11) is 0. The number of carbonyl (C=O) groups excluding carboxylic acids is 1. The minimum Gasteiger partial charge on any atom is -0.485 e. The predicted molar refractivity (Wildman–Crippen MR) is 124 cm³/mol. The Bertz CT molecular complexity index is 1390. The molecule has 5 rings (SSSR count). The van der Waals surface area contributed by atoms with Crippen LogP contribution < -0.4 is 10.1 Å². The Balaban J connectivity index is 1.19. The SMILES string of the molecule is CCn1cc(Cn2cc(NC(=O)c3ccc(COc4cccc5ccccc45)o3)cn2)cn1. The molecule has 8 heteroatoms. The van der Waals surface area contributed by atoms with E-state index < -0.39 is 0 Å². The summed E-state index contributed by atoms with van der Waals surface area (Å²) in [4.78, 5) is 12.6. The van der Waals surface area contributed by atoms with E-state index in [2.05, 4.69) is 15.5 Å². The highest BCUT2D eigenvalue weighted by Gasteiger charge is 2.13. The van der Waals surface area contributed by atoms with Gasteiger partial charge in [0.25, 0.3) is 5.91 Å². The van der Waals surface area contributed by atoms with Crippen molar-refractivity contribution in [1.29, 1.82) is 0 Å². The molecule has 166 valence electrons. The van der Waals surface area contributed by atoms with Crippen LogP contribution in [0.25, 0.3) is 10.8 Å². The average Bonchev–Trinajstić information content (AvgIpc) is 3.59. The van der Waals surface area contributed by atoms with Crippen molar-refractivity contribution < 1.29 is 13.9 Å². The number of amides is 1. The second kappa shape index (κ2) is 9.04. The first-order chi connectivity index (χ1) is 16.2. The number of hydrogen-bond acceptors (Lipinski definition) is 5. The molecule has 0 radical (unpaired) electrons. The first kappa shape index (κ1) is 20.6. The fourth-order valence-corrected chi connectivity index (χ4v) is 3.60. The van der Waals surface area contributed by atoms with Crippen molar-refractivity contribution in [3.63, 3.8) is 0 Å². The molecule has 0 atom stereocenters. The number of benzene rings is 2. The molecule has 0 aliphatic heterocycles. The van der Waals surface area contributed by atoms with Crippen LogP contribution in [0, 0.1) is 0 Å². The highest BCUT2D eigenvalue weighted by atomic mass is 16.5. The van der Waals surface area contributed by atoms with Crippen LogP contribution in [0.2, 0.25) is 0 Å². The van der Waals surface area contributed by atoms with E-state index >= 15 is 0 Å².